The Balaban J connectivity index is 1.74. The predicted molar refractivity (Wildman–Crippen MR) is 52.0 cm³/mol. The van der Waals surface area contributed by atoms with Crippen molar-refractivity contribution in [1.82, 2.24) is 4.90 Å². The summed E-state index contributed by atoms with van der Waals surface area (Å²) in [5.41, 5.74) is 0.645. The van der Waals surface area contributed by atoms with E-state index in [1.807, 2.05) is 0 Å². The van der Waals surface area contributed by atoms with Crippen molar-refractivity contribution in [1.29, 1.82) is 5.26 Å². The first-order valence-electron chi connectivity index (χ1n) is 5.24. The third-order valence-electron chi connectivity index (χ3n) is 3.75. The Kier molecular flexibility index (Phi) is 2.08. The Labute approximate surface area is 80.5 Å². The molecule has 0 unspecified atom stereocenters. The molecule has 2 nitrogen and oxygen atoms in total. The third kappa shape index (κ3) is 1.46. The van der Waals surface area contributed by atoms with E-state index in [2.05, 4.69) is 24.8 Å². The van der Waals surface area contributed by atoms with E-state index in [1.54, 1.807) is 0 Å². The molecule has 1 saturated carbocycles. The topological polar surface area (TPSA) is 27.0 Å². The lowest BCUT2D eigenvalue weighted by molar-refractivity contribution is -0.0999. The van der Waals surface area contributed by atoms with E-state index in [-0.39, 0.29) is 0 Å². The van der Waals surface area contributed by atoms with Crippen LogP contribution in [0.3, 0.4) is 0 Å². The second kappa shape index (κ2) is 2.99. The highest BCUT2D eigenvalue weighted by molar-refractivity contribution is 5.05. The SMILES string of the molecule is CC(C)C1CC2(C1)CN(CC#N)C2. The summed E-state index contributed by atoms with van der Waals surface area (Å²) in [7, 11) is 0. The van der Waals surface area contributed by atoms with Crippen molar-refractivity contribution >= 4 is 0 Å². The van der Waals surface area contributed by atoms with Gasteiger partial charge in [0, 0.05) is 13.1 Å². The highest BCUT2D eigenvalue weighted by atomic mass is 15.2. The Morgan fingerprint density at radius 2 is 2.08 bits per heavy atom. The smallest absolute Gasteiger partial charge is 0.0866 e. The number of rotatable bonds is 2. The van der Waals surface area contributed by atoms with E-state index in [0.717, 1.165) is 11.8 Å². The monoisotopic (exact) mass is 178 g/mol. The van der Waals surface area contributed by atoms with Crippen molar-refractivity contribution in [3.05, 3.63) is 0 Å². The van der Waals surface area contributed by atoms with E-state index >= 15 is 0 Å². The molecule has 2 heteroatoms. The van der Waals surface area contributed by atoms with E-state index in [1.165, 1.54) is 25.9 Å². The van der Waals surface area contributed by atoms with Gasteiger partial charge in [-0.2, -0.15) is 5.26 Å². The molecular weight excluding hydrogens is 160 g/mol. The van der Waals surface area contributed by atoms with Crippen LogP contribution in [0, 0.1) is 28.6 Å². The zero-order chi connectivity index (χ0) is 9.47. The van der Waals surface area contributed by atoms with Crippen LogP contribution in [0.4, 0.5) is 0 Å². The normalized spacial score (nSPS) is 26.9. The average molecular weight is 178 g/mol. The van der Waals surface area contributed by atoms with Crippen LogP contribution >= 0.6 is 0 Å². The predicted octanol–water partition coefficient (Wildman–Crippen LogP) is 1.88. The van der Waals surface area contributed by atoms with Gasteiger partial charge in [-0.05, 0) is 30.1 Å². The van der Waals surface area contributed by atoms with Crippen LogP contribution in [0.5, 0.6) is 0 Å². The van der Waals surface area contributed by atoms with Gasteiger partial charge in [-0.3, -0.25) is 4.90 Å². The third-order valence-corrected chi connectivity index (χ3v) is 3.75. The summed E-state index contributed by atoms with van der Waals surface area (Å²) in [5, 5.41) is 8.51. The van der Waals surface area contributed by atoms with Crippen molar-refractivity contribution < 1.29 is 0 Å². The molecule has 0 N–H and O–H groups in total. The molecule has 0 aromatic rings. The second-order valence-electron chi connectivity index (χ2n) is 5.22. The lowest BCUT2D eigenvalue weighted by atomic mass is 9.55. The Morgan fingerprint density at radius 1 is 1.46 bits per heavy atom. The number of nitriles is 1. The van der Waals surface area contributed by atoms with Gasteiger partial charge in [-0.25, -0.2) is 0 Å². The van der Waals surface area contributed by atoms with Gasteiger partial charge in [-0.1, -0.05) is 13.8 Å². The molecule has 0 bridgehead atoms. The van der Waals surface area contributed by atoms with Gasteiger partial charge < -0.3 is 0 Å². The van der Waals surface area contributed by atoms with Gasteiger partial charge >= 0.3 is 0 Å². The van der Waals surface area contributed by atoms with Crippen LogP contribution in [0.15, 0.2) is 0 Å². The fourth-order valence-electron chi connectivity index (χ4n) is 2.90. The van der Waals surface area contributed by atoms with E-state index < -0.39 is 0 Å². The summed E-state index contributed by atoms with van der Waals surface area (Å²) in [6, 6.07) is 2.22. The van der Waals surface area contributed by atoms with Crippen molar-refractivity contribution in [2.75, 3.05) is 19.6 Å². The molecule has 1 heterocycles. The molecule has 1 saturated heterocycles. The molecule has 2 rings (SSSR count). The van der Waals surface area contributed by atoms with Crippen LogP contribution in [-0.2, 0) is 0 Å². The standard InChI is InChI=1S/C11H18N2/c1-9(2)10-5-11(6-10)7-13(8-11)4-3-12/h9-10H,4-8H2,1-2H3. The van der Waals surface area contributed by atoms with Crippen LogP contribution in [-0.4, -0.2) is 24.5 Å². The summed E-state index contributed by atoms with van der Waals surface area (Å²) in [5.74, 6) is 1.82. The molecule has 13 heavy (non-hydrogen) atoms. The van der Waals surface area contributed by atoms with Crippen molar-refractivity contribution in [2.45, 2.75) is 26.7 Å². The van der Waals surface area contributed by atoms with Gasteiger partial charge in [0.05, 0.1) is 12.6 Å². The van der Waals surface area contributed by atoms with Crippen LogP contribution in [0.1, 0.15) is 26.7 Å². The number of likely N-dealkylation sites (tertiary alicyclic amines) is 1. The lowest BCUT2D eigenvalue weighted by Crippen LogP contribution is -2.62. The molecule has 2 fully saturated rings. The molecule has 0 aromatic carbocycles. The van der Waals surface area contributed by atoms with Gasteiger partial charge in [0.1, 0.15) is 0 Å². The highest BCUT2D eigenvalue weighted by Crippen LogP contribution is 2.53. The molecule has 1 aliphatic carbocycles. The zero-order valence-corrected chi connectivity index (χ0v) is 8.58. The minimum absolute atomic E-state index is 0.633. The van der Waals surface area contributed by atoms with Gasteiger partial charge in [-0.15, -0.1) is 0 Å². The number of hydrogen-bond donors (Lipinski definition) is 0. The van der Waals surface area contributed by atoms with Crippen LogP contribution < -0.4 is 0 Å². The molecule has 1 spiro atoms. The molecule has 0 atom stereocenters. The van der Waals surface area contributed by atoms with E-state index in [4.69, 9.17) is 5.26 Å². The molecule has 1 aliphatic heterocycles. The van der Waals surface area contributed by atoms with Gasteiger partial charge in [0.25, 0.3) is 0 Å². The number of nitrogens with zero attached hydrogens (tertiary/aromatic N) is 2. The molecule has 2 aliphatic rings. The average Bonchev–Trinajstić information content (AvgIpc) is 1.90. The first kappa shape index (κ1) is 9.02. The second-order valence-corrected chi connectivity index (χ2v) is 5.22. The Hall–Kier alpha value is -0.550. The van der Waals surface area contributed by atoms with Crippen molar-refractivity contribution in [2.24, 2.45) is 17.3 Å². The summed E-state index contributed by atoms with van der Waals surface area (Å²) in [4.78, 5) is 2.26. The Morgan fingerprint density at radius 3 is 2.54 bits per heavy atom. The van der Waals surface area contributed by atoms with E-state index in [0.29, 0.717) is 12.0 Å². The fourth-order valence-corrected chi connectivity index (χ4v) is 2.90. The first-order chi connectivity index (χ1) is 6.15. The van der Waals surface area contributed by atoms with Crippen molar-refractivity contribution in [3.63, 3.8) is 0 Å². The number of hydrogen-bond acceptors (Lipinski definition) is 2. The minimum Gasteiger partial charge on any atom is -0.289 e. The quantitative estimate of drug-likeness (QED) is 0.604. The van der Waals surface area contributed by atoms with E-state index in [9.17, 15) is 0 Å². The summed E-state index contributed by atoms with van der Waals surface area (Å²) < 4.78 is 0. The minimum atomic E-state index is 0.633. The molecule has 0 amide bonds. The maximum Gasteiger partial charge on any atom is 0.0866 e. The summed E-state index contributed by atoms with van der Waals surface area (Å²) in [6.07, 6.45) is 2.82. The summed E-state index contributed by atoms with van der Waals surface area (Å²) >= 11 is 0. The van der Waals surface area contributed by atoms with Crippen LogP contribution in [0.25, 0.3) is 0 Å². The molecular formula is C11H18N2. The molecule has 0 aromatic heterocycles. The molecule has 0 radical (unpaired) electrons. The summed E-state index contributed by atoms with van der Waals surface area (Å²) in [6.45, 7) is 7.65. The fraction of sp³-hybridized carbons (Fsp3) is 0.909. The largest absolute Gasteiger partial charge is 0.289 e. The first-order valence-corrected chi connectivity index (χ1v) is 5.24. The van der Waals surface area contributed by atoms with Gasteiger partial charge in [0.2, 0.25) is 0 Å². The lowest BCUT2D eigenvalue weighted by Gasteiger charge is -2.60. The van der Waals surface area contributed by atoms with Gasteiger partial charge in [0.15, 0.2) is 0 Å². The molecule has 72 valence electrons. The maximum atomic E-state index is 8.51. The zero-order valence-electron chi connectivity index (χ0n) is 8.58. The van der Waals surface area contributed by atoms with Crippen LogP contribution in [0.2, 0.25) is 0 Å². The van der Waals surface area contributed by atoms with Crippen molar-refractivity contribution in [3.8, 4) is 6.07 Å². The maximum absolute atomic E-state index is 8.51. The highest BCUT2D eigenvalue weighted by Gasteiger charge is 2.52. The Bertz CT molecular complexity index is 225.